The normalized spacial score (nSPS) is 9.11. The van der Waals surface area contributed by atoms with Crippen LogP contribution in [0.5, 0.6) is 5.75 Å². The summed E-state index contributed by atoms with van der Waals surface area (Å²) >= 11 is 0. The highest BCUT2D eigenvalue weighted by Crippen LogP contribution is 2.11. The van der Waals surface area contributed by atoms with E-state index in [1.165, 1.54) is 19.4 Å². The molecule has 2 nitrogen and oxygen atoms in total. The van der Waals surface area contributed by atoms with Crippen molar-refractivity contribution in [3.05, 3.63) is 24.3 Å². The minimum absolute atomic E-state index is 0.171. The van der Waals surface area contributed by atoms with Crippen LogP contribution < -0.4 is 4.74 Å². The van der Waals surface area contributed by atoms with Gasteiger partial charge in [-0.3, -0.25) is 4.98 Å². The number of methoxy groups -OCH3 is 1. The molecule has 0 N–H and O–H groups in total. The number of hydrogen-bond acceptors (Lipinski definition) is 2. The smallest absolute Gasteiger partial charge is 0.192 e. The Labute approximate surface area is 52.3 Å². The molecule has 0 aromatic carbocycles. The molecule has 1 rings (SSSR count). The lowest BCUT2D eigenvalue weighted by atomic mass is 10.4. The Bertz CT molecular complexity index is 202. The maximum Gasteiger partial charge on any atom is 0.192 e. The number of aromatic nitrogens is 1. The van der Waals surface area contributed by atoms with Gasteiger partial charge in [0.2, 0.25) is 0 Å². The number of ether oxygens (including phenoxy) is 1. The molecule has 0 saturated heterocycles. The maximum absolute atomic E-state index is 12.3. The van der Waals surface area contributed by atoms with Crippen LogP contribution in [0.3, 0.4) is 0 Å². The van der Waals surface area contributed by atoms with Gasteiger partial charge in [-0.25, -0.2) is 4.39 Å². The highest BCUT2D eigenvalue weighted by atomic mass is 19.1. The molecule has 0 unspecified atom stereocenters. The van der Waals surface area contributed by atoms with Crippen molar-refractivity contribution in [3.63, 3.8) is 0 Å². The predicted octanol–water partition coefficient (Wildman–Crippen LogP) is 1.03. The number of pyridine rings is 1. The number of hydrogen-bond donors (Lipinski definition) is 0. The molecule has 0 atom stereocenters. The lowest BCUT2D eigenvalue weighted by Crippen LogP contribution is -1.87. The summed E-state index contributed by atoms with van der Waals surface area (Å²) in [5.41, 5.74) is 0. The molecule has 1 heterocycles. The predicted molar refractivity (Wildman–Crippen MR) is 29.6 cm³/mol. The molecule has 0 aliphatic heterocycles. The van der Waals surface area contributed by atoms with E-state index < -0.39 is 5.82 Å². The Morgan fingerprint density at radius 3 is 3.00 bits per heavy atom. The first-order valence-electron chi connectivity index (χ1n) is 2.41. The molecular formula is C6H5FNO. The molecule has 0 bridgehead atoms. The topological polar surface area (TPSA) is 22.1 Å². The van der Waals surface area contributed by atoms with Crippen molar-refractivity contribution in [1.82, 2.24) is 4.98 Å². The number of rotatable bonds is 1. The number of nitrogens with zero attached hydrogens (tertiary/aromatic N) is 1. The minimum atomic E-state index is -0.556. The third kappa shape index (κ3) is 1.16. The fourth-order valence-electron chi connectivity index (χ4n) is 0.485. The van der Waals surface area contributed by atoms with E-state index in [0.717, 1.165) is 0 Å². The van der Waals surface area contributed by atoms with E-state index in [1.807, 2.05) is 0 Å². The van der Waals surface area contributed by atoms with E-state index >= 15 is 0 Å². The Hall–Kier alpha value is -1.12. The molecule has 47 valence electrons. The zero-order valence-electron chi connectivity index (χ0n) is 4.89. The summed E-state index contributed by atoms with van der Waals surface area (Å²) in [5, 5.41) is 0. The summed E-state index contributed by atoms with van der Waals surface area (Å²) in [4.78, 5) is 3.41. The van der Waals surface area contributed by atoms with Crippen LogP contribution in [-0.2, 0) is 0 Å². The molecule has 0 spiro atoms. The lowest BCUT2D eigenvalue weighted by Gasteiger charge is -1.96. The molecule has 1 aromatic heterocycles. The van der Waals surface area contributed by atoms with Crippen molar-refractivity contribution in [2.24, 2.45) is 0 Å². The average Bonchev–Trinajstić information content (AvgIpc) is 1.89. The molecule has 3 heteroatoms. The van der Waals surface area contributed by atoms with Crippen molar-refractivity contribution in [2.75, 3.05) is 7.11 Å². The Balaban J connectivity index is 3.01. The molecule has 1 aromatic rings. The molecule has 0 aliphatic carbocycles. The van der Waals surface area contributed by atoms with Crippen LogP contribution in [0.15, 0.2) is 12.3 Å². The van der Waals surface area contributed by atoms with Crippen LogP contribution in [-0.4, -0.2) is 12.1 Å². The third-order valence-electron chi connectivity index (χ3n) is 0.899. The third-order valence-corrected chi connectivity index (χ3v) is 0.899. The molecule has 9 heavy (non-hydrogen) atoms. The van der Waals surface area contributed by atoms with E-state index in [4.69, 9.17) is 0 Å². The zero-order valence-corrected chi connectivity index (χ0v) is 4.89. The monoisotopic (exact) mass is 126 g/mol. The van der Waals surface area contributed by atoms with Gasteiger partial charge in [0, 0.05) is 12.3 Å². The van der Waals surface area contributed by atoms with Crippen molar-refractivity contribution < 1.29 is 9.13 Å². The van der Waals surface area contributed by atoms with Gasteiger partial charge >= 0.3 is 0 Å². The SMILES string of the molecule is COc1ccn[c]c1F. The summed E-state index contributed by atoms with van der Waals surface area (Å²) in [6.07, 6.45) is 3.53. The molecule has 0 saturated carbocycles. The summed E-state index contributed by atoms with van der Waals surface area (Å²) in [7, 11) is 1.40. The molecular weight excluding hydrogens is 121 g/mol. The fourth-order valence-corrected chi connectivity index (χ4v) is 0.485. The van der Waals surface area contributed by atoms with E-state index in [2.05, 4.69) is 15.9 Å². The van der Waals surface area contributed by atoms with Gasteiger partial charge in [-0.1, -0.05) is 0 Å². The van der Waals surface area contributed by atoms with Gasteiger partial charge in [0.1, 0.15) is 6.20 Å². The van der Waals surface area contributed by atoms with Crippen LogP contribution in [0.1, 0.15) is 0 Å². The van der Waals surface area contributed by atoms with Crippen LogP contribution in [0, 0.1) is 12.0 Å². The van der Waals surface area contributed by atoms with Gasteiger partial charge in [-0.15, -0.1) is 0 Å². The highest BCUT2D eigenvalue weighted by Gasteiger charge is 1.97. The first-order chi connectivity index (χ1) is 4.34. The number of halogens is 1. The van der Waals surface area contributed by atoms with Crippen LogP contribution in [0.25, 0.3) is 0 Å². The largest absolute Gasteiger partial charge is 0.494 e. The Kier molecular flexibility index (Phi) is 1.63. The molecule has 0 fully saturated rings. The first kappa shape index (κ1) is 6.01. The van der Waals surface area contributed by atoms with E-state index in [1.54, 1.807) is 0 Å². The standard InChI is InChI=1S/C6H5FNO/c1-9-6-2-3-8-4-5(6)7/h2-3H,1H3. The zero-order chi connectivity index (χ0) is 6.69. The van der Waals surface area contributed by atoms with E-state index in [9.17, 15) is 4.39 Å². The second kappa shape index (κ2) is 2.44. The summed E-state index contributed by atoms with van der Waals surface area (Å²) in [6, 6.07) is 1.44. The van der Waals surface area contributed by atoms with E-state index in [-0.39, 0.29) is 5.75 Å². The summed E-state index contributed by atoms with van der Waals surface area (Å²) < 4.78 is 16.9. The van der Waals surface area contributed by atoms with E-state index in [0.29, 0.717) is 0 Å². The fraction of sp³-hybridized carbons (Fsp3) is 0.167. The second-order valence-electron chi connectivity index (χ2n) is 1.44. The van der Waals surface area contributed by atoms with Crippen LogP contribution >= 0.6 is 0 Å². The van der Waals surface area contributed by atoms with Crippen molar-refractivity contribution >= 4 is 0 Å². The summed E-state index contributed by atoms with van der Waals surface area (Å²) in [6.45, 7) is 0. The highest BCUT2D eigenvalue weighted by molar-refractivity contribution is 5.18. The van der Waals surface area contributed by atoms with Crippen molar-refractivity contribution in [2.45, 2.75) is 0 Å². The van der Waals surface area contributed by atoms with Crippen LogP contribution in [0.2, 0.25) is 0 Å². The molecule has 0 amide bonds. The lowest BCUT2D eigenvalue weighted by molar-refractivity contribution is 0.384. The Morgan fingerprint density at radius 2 is 2.56 bits per heavy atom. The van der Waals surface area contributed by atoms with Gasteiger partial charge in [0.05, 0.1) is 7.11 Å². The first-order valence-corrected chi connectivity index (χ1v) is 2.41. The minimum Gasteiger partial charge on any atom is -0.494 e. The van der Waals surface area contributed by atoms with Crippen LogP contribution in [0.4, 0.5) is 4.39 Å². The maximum atomic E-state index is 12.3. The average molecular weight is 126 g/mol. The summed E-state index contributed by atoms with van der Waals surface area (Å²) in [5.74, 6) is -0.384. The van der Waals surface area contributed by atoms with Gasteiger partial charge in [0.15, 0.2) is 11.6 Å². The van der Waals surface area contributed by atoms with Crippen molar-refractivity contribution in [3.8, 4) is 5.75 Å². The quantitative estimate of drug-likeness (QED) is 0.560. The molecule has 1 radical (unpaired) electrons. The van der Waals surface area contributed by atoms with Gasteiger partial charge in [-0.05, 0) is 0 Å². The van der Waals surface area contributed by atoms with Gasteiger partial charge in [0.25, 0.3) is 0 Å². The molecule has 0 aliphatic rings. The van der Waals surface area contributed by atoms with Crippen molar-refractivity contribution in [1.29, 1.82) is 0 Å². The van der Waals surface area contributed by atoms with Gasteiger partial charge in [-0.2, -0.15) is 0 Å². The van der Waals surface area contributed by atoms with Gasteiger partial charge < -0.3 is 4.74 Å². The second-order valence-corrected chi connectivity index (χ2v) is 1.44. The Morgan fingerprint density at radius 1 is 1.78 bits per heavy atom.